The number of unbranched alkanes of at least 4 members (excludes halogenated alkanes) is 1. The van der Waals surface area contributed by atoms with Crippen molar-refractivity contribution < 1.29 is 9.84 Å². The van der Waals surface area contributed by atoms with Crippen molar-refractivity contribution in [2.24, 2.45) is 0 Å². The predicted octanol–water partition coefficient (Wildman–Crippen LogP) is 3.32. The molecule has 0 radical (unpaired) electrons. The van der Waals surface area contributed by atoms with E-state index in [1.54, 1.807) is 6.20 Å². The zero-order chi connectivity index (χ0) is 16.5. The average Bonchev–Trinajstić information content (AvgIpc) is 2.60. The SMILES string of the molecule is CCCCNc1nc(CC)ncc1OCc1cccc(CO)c1. The Balaban J connectivity index is 2.07. The molecule has 0 aliphatic carbocycles. The van der Waals surface area contributed by atoms with Crippen LogP contribution < -0.4 is 10.1 Å². The van der Waals surface area contributed by atoms with Gasteiger partial charge in [-0.05, 0) is 17.5 Å². The van der Waals surface area contributed by atoms with Crippen LogP contribution in [0.1, 0.15) is 43.6 Å². The highest BCUT2D eigenvalue weighted by Gasteiger charge is 2.08. The number of nitrogens with zero attached hydrogens (tertiary/aromatic N) is 2. The van der Waals surface area contributed by atoms with Gasteiger partial charge >= 0.3 is 0 Å². The van der Waals surface area contributed by atoms with Gasteiger partial charge in [0, 0.05) is 13.0 Å². The molecule has 0 aliphatic rings. The lowest BCUT2D eigenvalue weighted by Crippen LogP contribution is -2.08. The number of hydrogen-bond acceptors (Lipinski definition) is 5. The van der Waals surface area contributed by atoms with Gasteiger partial charge in [-0.25, -0.2) is 9.97 Å². The summed E-state index contributed by atoms with van der Waals surface area (Å²) >= 11 is 0. The molecule has 0 fully saturated rings. The number of anilines is 1. The van der Waals surface area contributed by atoms with Crippen molar-refractivity contribution in [3.63, 3.8) is 0 Å². The lowest BCUT2D eigenvalue weighted by Gasteiger charge is -2.13. The number of ether oxygens (including phenoxy) is 1. The van der Waals surface area contributed by atoms with Gasteiger partial charge in [0.05, 0.1) is 12.8 Å². The van der Waals surface area contributed by atoms with Gasteiger partial charge in [0.15, 0.2) is 11.6 Å². The normalized spacial score (nSPS) is 10.6. The minimum Gasteiger partial charge on any atom is -0.483 e. The molecule has 0 aliphatic heterocycles. The summed E-state index contributed by atoms with van der Waals surface area (Å²) in [7, 11) is 0. The van der Waals surface area contributed by atoms with Crippen LogP contribution in [0.25, 0.3) is 0 Å². The molecule has 5 heteroatoms. The molecule has 2 N–H and O–H groups in total. The van der Waals surface area contributed by atoms with E-state index < -0.39 is 0 Å². The number of rotatable bonds is 9. The third-order valence-electron chi connectivity index (χ3n) is 3.51. The van der Waals surface area contributed by atoms with E-state index in [1.165, 1.54) is 0 Å². The molecule has 0 amide bonds. The van der Waals surface area contributed by atoms with Crippen molar-refractivity contribution in [1.82, 2.24) is 9.97 Å². The van der Waals surface area contributed by atoms with Crippen LogP contribution in [-0.2, 0) is 19.6 Å². The van der Waals surface area contributed by atoms with Crippen molar-refractivity contribution >= 4 is 5.82 Å². The van der Waals surface area contributed by atoms with E-state index in [0.717, 1.165) is 48.6 Å². The molecule has 0 saturated carbocycles. The van der Waals surface area contributed by atoms with Gasteiger partial charge in [0.25, 0.3) is 0 Å². The molecule has 5 nitrogen and oxygen atoms in total. The third kappa shape index (κ3) is 5.21. The van der Waals surface area contributed by atoms with Gasteiger partial charge in [0.1, 0.15) is 12.4 Å². The average molecular weight is 315 g/mol. The molecule has 2 aromatic rings. The lowest BCUT2D eigenvalue weighted by atomic mass is 10.1. The van der Waals surface area contributed by atoms with Gasteiger partial charge < -0.3 is 15.2 Å². The molecule has 1 heterocycles. The zero-order valence-electron chi connectivity index (χ0n) is 13.9. The highest BCUT2D eigenvalue weighted by molar-refractivity contribution is 5.48. The van der Waals surface area contributed by atoms with Crippen LogP contribution in [0.3, 0.4) is 0 Å². The molecule has 0 spiro atoms. The van der Waals surface area contributed by atoms with E-state index in [1.807, 2.05) is 31.2 Å². The number of aliphatic hydroxyl groups is 1. The first-order valence-corrected chi connectivity index (χ1v) is 8.18. The van der Waals surface area contributed by atoms with Crippen LogP contribution in [0.5, 0.6) is 5.75 Å². The number of benzene rings is 1. The maximum atomic E-state index is 9.20. The van der Waals surface area contributed by atoms with Gasteiger partial charge in [0.2, 0.25) is 0 Å². The van der Waals surface area contributed by atoms with E-state index in [4.69, 9.17) is 4.74 Å². The molecular weight excluding hydrogens is 290 g/mol. The molecule has 2 rings (SSSR count). The van der Waals surface area contributed by atoms with Crippen LogP contribution >= 0.6 is 0 Å². The van der Waals surface area contributed by atoms with E-state index in [0.29, 0.717) is 12.4 Å². The summed E-state index contributed by atoms with van der Waals surface area (Å²) in [6.45, 7) is 5.51. The monoisotopic (exact) mass is 315 g/mol. The Hall–Kier alpha value is -2.14. The van der Waals surface area contributed by atoms with Gasteiger partial charge in [-0.1, -0.05) is 44.5 Å². The largest absolute Gasteiger partial charge is 0.483 e. The number of aromatic nitrogens is 2. The summed E-state index contributed by atoms with van der Waals surface area (Å²) in [4.78, 5) is 8.84. The van der Waals surface area contributed by atoms with Crippen LogP contribution in [0.4, 0.5) is 5.82 Å². The highest BCUT2D eigenvalue weighted by atomic mass is 16.5. The molecule has 0 saturated heterocycles. The molecule has 23 heavy (non-hydrogen) atoms. The Labute approximate surface area is 137 Å². The third-order valence-corrected chi connectivity index (χ3v) is 3.51. The van der Waals surface area contributed by atoms with Crippen LogP contribution in [-0.4, -0.2) is 21.6 Å². The number of aryl methyl sites for hydroxylation is 1. The predicted molar refractivity (Wildman–Crippen MR) is 91.5 cm³/mol. The van der Waals surface area contributed by atoms with Crippen molar-refractivity contribution in [1.29, 1.82) is 0 Å². The Morgan fingerprint density at radius 3 is 2.78 bits per heavy atom. The topological polar surface area (TPSA) is 67.3 Å². The van der Waals surface area contributed by atoms with Crippen molar-refractivity contribution in [2.45, 2.75) is 46.3 Å². The Kier molecular flexibility index (Phi) is 6.81. The van der Waals surface area contributed by atoms with Gasteiger partial charge in [-0.15, -0.1) is 0 Å². The molecule has 0 bridgehead atoms. The summed E-state index contributed by atoms with van der Waals surface area (Å²) in [6, 6.07) is 7.72. The highest BCUT2D eigenvalue weighted by Crippen LogP contribution is 2.22. The fraction of sp³-hybridized carbons (Fsp3) is 0.444. The Bertz CT molecular complexity index is 617. The maximum Gasteiger partial charge on any atom is 0.180 e. The molecule has 0 unspecified atom stereocenters. The molecule has 1 aromatic carbocycles. The Morgan fingerprint density at radius 2 is 2.04 bits per heavy atom. The van der Waals surface area contributed by atoms with Crippen molar-refractivity contribution in [3.8, 4) is 5.75 Å². The van der Waals surface area contributed by atoms with Crippen LogP contribution in [0, 0.1) is 0 Å². The quantitative estimate of drug-likeness (QED) is 0.695. The smallest absolute Gasteiger partial charge is 0.180 e. The van der Waals surface area contributed by atoms with E-state index in [2.05, 4.69) is 22.2 Å². The second-order valence-electron chi connectivity index (χ2n) is 5.40. The second kappa shape index (κ2) is 9.10. The van der Waals surface area contributed by atoms with E-state index >= 15 is 0 Å². The summed E-state index contributed by atoms with van der Waals surface area (Å²) in [6.07, 6.45) is 4.74. The van der Waals surface area contributed by atoms with Crippen molar-refractivity contribution in [3.05, 3.63) is 47.4 Å². The molecule has 124 valence electrons. The number of nitrogens with one attached hydrogen (secondary N) is 1. The lowest BCUT2D eigenvalue weighted by molar-refractivity contribution is 0.280. The van der Waals surface area contributed by atoms with E-state index in [9.17, 15) is 5.11 Å². The number of hydrogen-bond donors (Lipinski definition) is 2. The minimum atomic E-state index is 0.0337. The van der Waals surface area contributed by atoms with E-state index in [-0.39, 0.29) is 6.61 Å². The van der Waals surface area contributed by atoms with Gasteiger partial charge in [-0.3, -0.25) is 0 Å². The van der Waals surface area contributed by atoms with Crippen LogP contribution in [0.2, 0.25) is 0 Å². The summed E-state index contributed by atoms with van der Waals surface area (Å²) in [5, 5.41) is 12.5. The first-order chi connectivity index (χ1) is 11.3. The maximum absolute atomic E-state index is 9.20. The van der Waals surface area contributed by atoms with Crippen molar-refractivity contribution in [2.75, 3.05) is 11.9 Å². The number of aliphatic hydroxyl groups excluding tert-OH is 1. The molecular formula is C18H25N3O2. The molecule has 0 atom stereocenters. The minimum absolute atomic E-state index is 0.0337. The first-order valence-electron chi connectivity index (χ1n) is 8.18. The first kappa shape index (κ1) is 17.2. The Morgan fingerprint density at radius 1 is 1.22 bits per heavy atom. The summed E-state index contributed by atoms with van der Waals surface area (Å²) < 4.78 is 5.88. The fourth-order valence-electron chi connectivity index (χ4n) is 2.17. The zero-order valence-corrected chi connectivity index (χ0v) is 13.9. The van der Waals surface area contributed by atoms with Crippen LogP contribution in [0.15, 0.2) is 30.5 Å². The molecule has 1 aromatic heterocycles. The van der Waals surface area contributed by atoms with Gasteiger partial charge in [-0.2, -0.15) is 0 Å². The summed E-state index contributed by atoms with van der Waals surface area (Å²) in [5.74, 6) is 2.22. The second-order valence-corrected chi connectivity index (χ2v) is 5.40. The standard InChI is InChI=1S/C18H25N3O2/c1-3-5-9-19-18-16(11-20-17(4-2)21-18)23-13-15-8-6-7-14(10-15)12-22/h6-8,10-11,22H,3-5,9,12-13H2,1-2H3,(H,19,20,21). The fourth-order valence-corrected chi connectivity index (χ4v) is 2.17. The summed E-state index contributed by atoms with van der Waals surface area (Å²) in [5.41, 5.74) is 1.89.